The molecule has 1 aliphatic heterocycles. The summed E-state index contributed by atoms with van der Waals surface area (Å²) in [5.41, 5.74) is 1.72. The number of nitrogens with zero attached hydrogens (tertiary/aromatic N) is 2. The Bertz CT molecular complexity index is 157. The number of hydrogen-bond donors (Lipinski definition) is 3. The van der Waals surface area contributed by atoms with Gasteiger partial charge in [0.1, 0.15) is 5.84 Å². The molecule has 1 unspecified atom stereocenters. The number of rotatable bonds is 3. The fourth-order valence-corrected chi connectivity index (χ4v) is 0.734. The van der Waals surface area contributed by atoms with Crippen LogP contribution in [0, 0.1) is 4.91 Å². The predicted octanol–water partition coefficient (Wildman–Crippen LogP) is -0.941. The van der Waals surface area contributed by atoms with E-state index in [-0.39, 0.29) is 0 Å². The van der Waals surface area contributed by atoms with Gasteiger partial charge in [-0.15, -0.1) is 4.91 Å². The lowest BCUT2D eigenvalue weighted by Crippen LogP contribution is -2.38. The molecular formula is C4H8N4O2. The minimum atomic E-state index is -0.942. The van der Waals surface area contributed by atoms with E-state index in [9.17, 15) is 4.91 Å². The van der Waals surface area contributed by atoms with Gasteiger partial charge in [0.05, 0.1) is 6.54 Å². The van der Waals surface area contributed by atoms with Crippen LogP contribution in [0.4, 0.5) is 0 Å². The minimum Gasteiger partial charge on any atom is -0.369 e. The van der Waals surface area contributed by atoms with Crippen molar-refractivity contribution in [3.05, 3.63) is 4.91 Å². The van der Waals surface area contributed by atoms with Crippen LogP contribution >= 0.6 is 0 Å². The first-order valence-electron chi connectivity index (χ1n) is 2.89. The van der Waals surface area contributed by atoms with E-state index < -0.39 is 6.17 Å². The molecule has 10 heavy (non-hydrogen) atoms. The van der Waals surface area contributed by atoms with Gasteiger partial charge in [-0.25, -0.2) is 0 Å². The van der Waals surface area contributed by atoms with Crippen molar-refractivity contribution >= 4 is 5.84 Å². The van der Waals surface area contributed by atoms with Gasteiger partial charge in [-0.3, -0.25) is 4.99 Å². The molecule has 0 aromatic rings. The van der Waals surface area contributed by atoms with Crippen LogP contribution < -0.4 is 10.8 Å². The van der Waals surface area contributed by atoms with Crippen molar-refractivity contribution in [2.45, 2.75) is 6.17 Å². The Kier molecular flexibility index (Phi) is 2.30. The topological polar surface area (TPSA) is 86.1 Å². The van der Waals surface area contributed by atoms with Gasteiger partial charge in [-0.1, -0.05) is 0 Å². The van der Waals surface area contributed by atoms with Gasteiger partial charge >= 0.3 is 0 Å². The van der Waals surface area contributed by atoms with Gasteiger partial charge in [-0.2, -0.15) is 5.48 Å². The van der Waals surface area contributed by atoms with Gasteiger partial charge in [0, 0.05) is 6.54 Å². The van der Waals surface area contributed by atoms with Crippen molar-refractivity contribution in [1.29, 1.82) is 0 Å². The highest BCUT2D eigenvalue weighted by Gasteiger charge is 2.17. The van der Waals surface area contributed by atoms with Crippen molar-refractivity contribution in [3.63, 3.8) is 0 Å². The van der Waals surface area contributed by atoms with Gasteiger partial charge in [0.25, 0.3) is 0 Å². The summed E-state index contributed by atoms with van der Waals surface area (Å²) in [5, 5.41) is 13.7. The molecule has 1 heterocycles. The molecule has 0 fully saturated rings. The van der Waals surface area contributed by atoms with Crippen molar-refractivity contribution in [1.82, 2.24) is 10.8 Å². The summed E-state index contributed by atoms with van der Waals surface area (Å²) >= 11 is 0. The largest absolute Gasteiger partial charge is 0.369 e. The summed E-state index contributed by atoms with van der Waals surface area (Å²) in [6, 6.07) is 0. The van der Waals surface area contributed by atoms with Gasteiger partial charge in [-0.05, 0) is 5.18 Å². The maximum atomic E-state index is 9.93. The fraction of sp³-hybridized carbons (Fsp3) is 0.750. The molecule has 0 bridgehead atoms. The highest BCUT2D eigenvalue weighted by molar-refractivity contribution is 5.88. The number of amidine groups is 1. The van der Waals surface area contributed by atoms with Crippen LogP contribution in [0.2, 0.25) is 0 Å². The molecule has 0 amide bonds. The van der Waals surface area contributed by atoms with Crippen LogP contribution in [-0.4, -0.2) is 30.3 Å². The van der Waals surface area contributed by atoms with E-state index in [1.54, 1.807) is 5.48 Å². The Morgan fingerprint density at radius 1 is 1.90 bits per heavy atom. The van der Waals surface area contributed by atoms with Crippen LogP contribution in [0.5, 0.6) is 0 Å². The standard InChI is InChI=1S/C4H8N4O2/c9-7-4(8-10)3-5-1-2-6-3/h4,7,9H,1-2H2,(H,5,6). The van der Waals surface area contributed by atoms with Crippen LogP contribution in [0.15, 0.2) is 10.2 Å². The van der Waals surface area contributed by atoms with E-state index in [4.69, 9.17) is 5.21 Å². The third kappa shape index (κ3) is 1.28. The van der Waals surface area contributed by atoms with E-state index in [1.165, 1.54) is 0 Å². The summed E-state index contributed by atoms with van der Waals surface area (Å²) in [6.45, 7) is 1.33. The smallest absolute Gasteiger partial charge is 0.220 e. The molecule has 0 saturated heterocycles. The van der Waals surface area contributed by atoms with E-state index in [0.29, 0.717) is 18.9 Å². The van der Waals surface area contributed by atoms with Crippen LogP contribution in [-0.2, 0) is 0 Å². The maximum absolute atomic E-state index is 9.93. The first-order valence-corrected chi connectivity index (χ1v) is 2.89. The molecule has 3 N–H and O–H groups in total. The average molecular weight is 144 g/mol. The quantitative estimate of drug-likeness (QED) is 0.352. The van der Waals surface area contributed by atoms with E-state index in [0.717, 1.165) is 0 Å². The zero-order valence-electron chi connectivity index (χ0n) is 5.24. The Labute approximate surface area is 57.3 Å². The van der Waals surface area contributed by atoms with E-state index >= 15 is 0 Å². The van der Waals surface area contributed by atoms with Gasteiger partial charge in [0.15, 0.2) is 0 Å². The monoisotopic (exact) mass is 144 g/mol. The summed E-state index contributed by atoms with van der Waals surface area (Å²) < 4.78 is 0. The molecule has 0 aromatic carbocycles. The second kappa shape index (κ2) is 3.23. The summed E-state index contributed by atoms with van der Waals surface area (Å²) in [6.07, 6.45) is -0.942. The second-order valence-corrected chi connectivity index (χ2v) is 1.83. The highest BCUT2D eigenvalue weighted by atomic mass is 16.5. The van der Waals surface area contributed by atoms with Crippen molar-refractivity contribution in [2.75, 3.05) is 13.1 Å². The van der Waals surface area contributed by atoms with Gasteiger partial charge < -0.3 is 10.5 Å². The summed E-state index contributed by atoms with van der Waals surface area (Å²) in [7, 11) is 0. The molecule has 1 rings (SSSR count). The molecule has 0 radical (unpaired) electrons. The van der Waals surface area contributed by atoms with Crippen molar-refractivity contribution in [2.24, 2.45) is 10.2 Å². The molecule has 1 aliphatic rings. The lowest BCUT2D eigenvalue weighted by atomic mass is 10.5. The molecule has 0 aliphatic carbocycles. The van der Waals surface area contributed by atoms with Crippen LogP contribution in [0.1, 0.15) is 0 Å². The fourth-order valence-electron chi connectivity index (χ4n) is 0.734. The number of hydroxylamine groups is 1. The third-order valence-corrected chi connectivity index (χ3v) is 1.19. The first kappa shape index (κ1) is 7.10. The maximum Gasteiger partial charge on any atom is 0.220 e. The predicted molar refractivity (Wildman–Crippen MR) is 34.8 cm³/mol. The van der Waals surface area contributed by atoms with Crippen molar-refractivity contribution in [3.8, 4) is 0 Å². The molecular weight excluding hydrogens is 136 g/mol. The first-order chi connectivity index (χ1) is 4.88. The lowest BCUT2D eigenvalue weighted by Gasteiger charge is -2.05. The molecule has 0 spiro atoms. The second-order valence-electron chi connectivity index (χ2n) is 1.83. The molecule has 0 saturated carbocycles. The molecule has 56 valence electrons. The molecule has 6 heteroatoms. The zero-order valence-corrected chi connectivity index (χ0v) is 5.24. The minimum absolute atomic E-state index is 0.400. The molecule has 6 nitrogen and oxygen atoms in total. The Morgan fingerprint density at radius 2 is 2.70 bits per heavy atom. The number of nitrogens with one attached hydrogen (secondary N) is 2. The Morgan fingerprint density at radius 3 is 3.10 bits per heavy atom. The number of nitroso groups, excluding NO2 is 1. The average Bonchev–Trinajstić information content (AvgIpc) is 2.43. The lowest BCUT2D eigenvalue weighted by molar-refractivity contribution is 0.151. The van der Waals surface area contributed by atoms with E-state index in [1.807, 2.05) is 0 Å². The Balaban J connectivity index is 2.51. The highest BCUT2D eigenvalue weighted by Crippen LogP contribution is 1.92. The Hall–Kier alpha value is -1.01. The SMILES string of the molecule is O=NC(NO)C1=NCCN1. The van der Waals surface area contributed by atoms with Crippen molar-refractivity contribution < 1.29 is 5.21 Å². The molecule has 0 aromatic heterocycles. The summed E-state index contributed by atoms with van der Waals surface area (Å²) in [5.74, 6) is 0.400. The normalized spacial score (nSPS) is 19.5. The third-order valence-electron chi connectivity index (χ3n) is 1.19. The van der Waals surface area contributed by atoms with Crippen LogP contribution in [0.3, 0.4) is 0 Å². The number of hydrogen-bond acceptors (Lipinski definition) is 6. The van der Waals surface area contributed by atoms with Crippen LogP contribution in [0.25, 0.3) is 0 Å². The summed E-state index contributed by atoms with van der Waals surface area (Å²) in [4.78, 5) is 13.8. The molecule has 1 atom stereocenters. The number of aliphatic imine (C=N–C) groups is 1. The van der Waals surface area contributed by atoms with E-state index in [2.05, 4.69) is 15.5 Å². The zero-order chi connectivity index (χ0) is 7.40. The van der Waals surface area contributed by atoms with Gasteiger partial charge in [0.2, 0.25) is 6.17 Å².